The van der Waals surface area contributed by atoms with E-state index in [1.807, 2.05) is 6.07 Å². The molecule has 1 aromatic carbocycles. The van der Waals surface area contributed by atoms with E-state index in [9.17, 15) is 8.78 Å². The molecule has 0 amide bonds. The van der Waals surface area contributed by atoms with Gasteiger partial charge in [-0.1, -0.05) is 0 Å². The highest BCUT2D eigenvalue weighted by atomic mass is 19.3. The Morgan fingerprint density at radius 3 is 2.71 bits per heavy atom. The van der Waals surface area contributed by atoms with Crippen LogP contribution in [0, 0.1) is 11.3 Å². The molecule has 14 heavy (non-hydrogen) atoms. The molecule has 1 rings (SSSR count). The summed E-state index contributed by atoms with van der Waals surface area (Å²) in [6.07, 6.45) is 0. The lowest BCUT2D eigenvalue weighted by molar-refractivity contribution is -0.0493. The smallest absolute Gasteiger partial charge is 0.387 e. The Hall–Kier alpha value is -1.83. The van der Waals surface area contributed by atoms with Crippen LogP contribution in [0.5, 0.6) is 5.75 Å². The predicted molar refractivity (Wildman–Crippen MR) is 47.3 cm³/mol. The fourth-order valence-corrected chi connectivity index (χ4v) is 0.994. The van der Waals surface area contributed by atoms with Crippen molar-refractivity contribution in [2.24, 2.45) is 0 Å². The molecule has 0 unspecified atom stereocenters. The molecule has 0 aliphatic carbocycles. The lowest BCUT2D eigenvalue weighted by atomic mass is 10.2. The van der Waals surface area contributed by atoms with Gasteiger partial charge in [-0.2, -0.15) is 14.0 Å². The van der Waals surface area contributed by atoms with E-state index in [0.29, 0.717) is 11.3 Å². The van der Waals surface area contributed by atoms with Gasteiger partial charge in [0, 0.05) is 7.05 Å². The quantitative estimate of drug-likeness (QED) is 0.809. The SMILES string of the molecule is CNc1cc(C#N)ccc1OC(F)F. The zero-order valence-electron chi connectivity index (χ0n) is 7.42. The van der Waals surface area contributed by atoms with Crippen molar-refractivity contribution in [2.45, 2.75) is 6.61 Å². The lowest BCUT2D eigenvalue weighted by Crippen LogP contribution is -2.04. The number of anilines is 1. The first kappa shape index (κ1) is 10.3. The van der Waals surface area contributed by atoms with E-state index in [2.05, 4.69) is 10.1 Å². The highest BCUT2D eigenvalue weighted by Crippen LogP contribution is 2.26. The number of halogens is 2. The number of alkyl halides is 2. The minimum absolute atomic E-state index is 0.0292. The molecule has 0 bridgehead atoms. The van der Waals surface area contributed by atoms with Gasteiger partial charge < -0.3 is 10.1 Å². The first-order chi connectivity index (χ1) is 6.67. The monoisotopic (exact) mass is 198 g/mol. The van der Waals surface area contributed by atoms with E-state index in [-0.39, 0.29) is 5.75 Å². The van der Waals surface area contributed by atoms with Gasteiger partial charge in [-0.25, -0.2) is 0 Å². The van der Waals surface area contributed by atoms with Crippen molar-refractivity contribution in [2.75, 3.05) is 12.4 Å². The largest absolute Gasteiger partial charge is 0.433 e. The molecule has 3 nitrogen and oxygen atoms in total. The minimum Gasteiger partial charge on any atom is -0.433 e. The molecule has 0 atom stereocenters. The highest BCUT2D eigenvalue weighted by Gasteiger charge is 2.08. The summed E-state index contributed by atoms with van der Waals surface area (Å²) in [6.45, 7) is -2.87. The van der Waals surface area contributed by atoms with Crippen molar-refractivity contribution in [3.63, 3.8) is 0 Å². The molecule has 0 aliphatic rings. The summed E-state index contributed by atoms with van der Waals surface area (Å²) in [7, 11) is 1.56. The maximum absolute atomic E-state index is 11.9. The van der Waals surface area contributed by atoms with Gasteiger partial charge in [0.05, 0.1) is 17.3 Å². The molecule has 1 N–H and O–H groups in total. The zero-order chi connectivity index (χ0) is 10.6. The second kappa shape index (κ2) is 4.42. The van der Waals surface area contributed by atoms with Gasteiger partial charge >= 0.3 is 6.61 Å². The van der Waals surface area contributed by atoms with Crippen molar-refractivity contribution >= 4 is 5.69 Å². The Bertz CT molecular complexity index is 360. The maximum atomic E-state index is 11.9. The van der Waals surface area contributed by atoms with E-state index < -0.39 is 6.61 Å². The average Bonchev–Trinajstić information content (AvgIpc) is 2.17. The van der Waals surface area contributed by atoms with Crippen LogP contribution < -0.4 is 10.1 Å². The Morgan fingerprint density at radius 1 is 1.50 bits per heavy atom. The third-order valence-electron chi connectivity index (χ3n) is 1.59. The Balaban J connectivity index is 3.00. The van der Waals surface area contributed by atoms with Crippen LogP contribution in [0.3, 0.4) is 0 Å². The van der Waals surface area contributed by atoms with Crippen molar-refractivity contribution in [3.8, 4) is 11.8 Å². The third kappa shape index (κ3) is 2.33. The van der Waals surface area contributed by atoms with Gasteiger partial charge in [0.2, 0.25) is 0 Å². The number of ether oxygens (including phenoxy) is 1. The molecule has 0 radical (unpaired) electrons. The van der Waals surface area contributed by atoms with Crippen molar-refractivity contribution in [1.82, 2.24) is 0 Å². The van der Waals surface area contributed by atoms with Crippen molar-refractivity contribution in [1.29, 1.82) is 5.26 Å². The molecule has 0 aromatic heterocycles. The topological polar surface area (TPSA) is 45.0 Å². The molecule has 0 fully saturated rings. The summed E-state index contributed by atoms with van der Waals surface area (Å²) in [5.74, 6) is 0.0292. The van der Waals surface area contributed by atoms with Gasteiger partial charge in [0.25, 0.3) is 0 Å². The van der Waals surface area contributed by atoms with Crippen LogP contribution in [0.1, 0.15) is 5.56 Å². The molecule has 1 aromatic rings. The Labute approximate surface area is 79.9 Å². The zero-order valence-corrected chi connectivity index (χ0v) is 7.42. The number of hydrogen-bond donors (Lipinski definition) is 1. The second-order valence-corrected chi connectivity index (χ2v) is 2.45. The number of nitrogens with zero attached hydrogens (tertiary/aromatic N) is 1. The van der Waals surface area contributed by atoms with Crippen LogP contribution >= 0.6 is 0 Å². The van der Waals surface area contributed by atoms with E-state index in [1.54, 1.807) is 7.05 Å². The standard InChI is InChI=1S/C9H8F2N2O/c1-13-7-4-6(5-12)2-3-8(7)14-9(10)11/h2-4,9,13H,1H3. The molecular formula is C9H8F2N2O. The first-order valence-electron chi connectivity index (χ1n) is 3.84. The van der Waals surface area contributed by atoms with E-state index >= 15 is 0 Å². The molecule has 5 heteroatoms. The summed E-state index contributed by atoms with van der Waals surface area (Å²) in [5.41, 5.74) is 0.750. The van der Waals surface area contributed by atoms with Gasteiger partial charge in [0.1, 0.15) is 5.75 Å². The van der Waals surface area contributed by atoms with E-state index in [4.69, 9.17) is 5.26 Å². The van der Waals surface area contributed by atoms with Gasteiger partial charge in [0.15, 0.2) is 0 Å². The molecule has 0 spiro atoms. The van der Waals surface area contributed by atoms with E-state index in [0.717, 1.165) is 0 Å². The van der Waals surface area contributed by atoms with Crippen LogP contribution in [-0.4, -0.2) is 13.7 Å². The lowest BCUT2D eigenvalue weighted by Gasteiger charge is -2.09. The summed E-state index contributed by atoms with van der Waals surface area (Å²) >= 11 is 0. The number of rotatable bonds is 3. The number of benzene rings is 1. The van der Waals surface area contributed by atoms with Gasteiger partial charge in [-0.15, -0.1) is 0 Å². The fraction of sp³-hybridized carbons (Fsp3) is 0.222. The van der Waals surface area contributed by atoms with Crippen LogP contribution in [0.15, 0.2) is 18.2 Å². The number of hydrogen-bond acceptors (Lipinski definition) is 3. The number of nitrogens with one attached hydrogen (secondary N) is 1. The molecule has 0 saturated carbocycles. The first-order valence-corrected chi connectivity index (χ1v) is 3.84. The van der Waals surface area contributed by atoms with E-state index in [1.165, 1.54) is 18.2 Å². The van der Waals surface area contributed by atoms with Crippen molar-refractivity contribution < 1.29 is 13.5 Å². The number of nitriles is 1. The Morgan fingerprint density at radius 2 is 2.21 bits per heavy atom. The molecule has 0 heterocycles. The summed E-state index contributed by atoms with van der Waals surface area (Å²) in [5, 5.41) is 11.2. The molecule has 0 aliphatic heterocycles. The van der Waals surface area contributed by atoms with Gasteiger partial charge in [-0.3, -0.25) is 0 Å². The summed E-state index contributed by atoms with van der Waals surface area (Å²) < 4.78 is 28.0. The molecule has 74 valence electrons. The van der Waals surface area contributed by atoms with Crippen molar-refractivity contribution in [3.05, 3.63) is 23.8 Å². The highest BCUT2D eigenvalue weighted by molar-refractivity contribution is 5.59. The third-order valence-corrected chi connectivity index (χ3v) is 1.59. The normalized spacial score (nSPS) is 9.64. The second-order valence-electron chi connectivity index (χ2n) is 2.45. The van der Waals surface area contributed by atoms with Crippen LogP contribution in [-0.2, 0) is 0 Å². The van der Waals surface area contributed by atoms with Gasteiger partial charge in [-0.05, 0) is 18.2 Å². The maximum Gasteiger partial charge on any atom is 0.387 e. The molecular weight excluding hydrogens is 190 g/mol. The Kier molecular flexibility index (Phi) is 3.24. The average molecular weight is 198 g/mol. The summed E-state index contributed by atoms with van der Waals surface area (Å²) in [4.78, 5) is 0. The van der Waals surface area contributed by atoms with Crippen LogP contribution in [0.4, 0.5) is 14.5 Å². The van der Waals surface area contributed by atoms with Crippen LogP contribution in [0.25, 0.3) is 0 Å². The fourth-order valence-electron chi connectivity index (χ4n) is 0.994. The minimum atomic E-state index is -2.87. The predicted octanol–water partition coefficient (Wildman–Crippen LogP) is 2.20. The van der Waals surface area contributed by atoms with Crippen LogP contribution in [0.2, 0.25) is 0 Å². The summed E-state index contributed by atoms with van der Waals surface area (Å²) in [6, 6.07) is 6.09. The molecule has 0 saturated heterocycles.